The number of anilines is 3. The van der Waals surface area contributed by atoms with Crippen LogP contribution in [0, 0.1) is 11.7 Å². The van der Waals surface area contributed by atoms with Crippen molar-refractivity contribution in [2.75, 3.05) is 55.0 Å². The van der Waals surface area contributed by atoms with Crippen molar-refractivity contribution < 1.29 is 23.5 Å². The first kappa shape index (κ1) is 30.1. The van der Waals surface area contributed by atoms with Gasteiger partial charge < -0.3 is 19.3 Å². The van der Waals surface area contributed by atoms with Crippen LogP contribution in [-0.2, 0) is 16.0 Å². The smallest absolute Gasteiger partial charge is 0.412 e. The SMILES string of the molecule is COc1cc(F)ccc1N1CCN(CC2CCc3cccc(NC(=O)OC(C)(C)C)c3N2C(=O)C2CCCCC2)CC1. The molecule has 2 aromatic rings. The maximum absolute atomic E-state index is 14.3. The number of fused-ring (bicyclic) bond motifs is 1. The quantitative estimate of drug-likeness (QED) is 0.437. The third kappa shape index (κ3) is 7.00. The minimum Gasteiger partial charge on any atom is -0.494 e. The molecule has 8 nitrogen and oxygen atoms in total. The Bertz CT molecular complexity index is 1270. The van der Waals surface area contributed by atoms with E-state index in [-0.39, 0.29) is 23.7 Å². The molecule has 2 amide bonds. The van der Waals surface area contributed by atoms with Crippen LogP contribution in [0.4, 0.5) is 26.2 Å². The molecule has 0 aromatic heterocycles. The second kappa shape index (κ2) is 12.9. The van der Waals surface area contributed by atoms with E-state index in [4.69, 9.17) is 9.47 Å². The summed E-state index contributed by atoms with van der Waals surface area (Å²) >= 11 is 0. The number of halogens is 1. The number of ether oxygens (including phenoxy) is 2. The van der Waals surface area contributed by atoms with Gasteiger partial charge in [0, 0.05) is 44.7 Å². The van der Waals surface area contributed by atoms with E-state index in [2.05, 4.69) is 21.2 Å². The number of hydrogen-bond donors (Lipinski definition) is 1. The Morgan fingerprint density at radius 2 is 1.74 bits per heavy atom. The summed E-state index contributed by atoms with van der Waals surface area (Å²) in [7, 11) is 1.57. The van der Waals surface area contributed by atoms with Crippen molar-refractivity contribution >= 4 is 29.1 Å². The van der Waals surface area contributed by atoms with E-state index in [9.17, 15) is 14.0 Å². The van der Waals surface area contributed by atoms with Crippen molar-refractivity contribution in [2.45, 2.75) is 77.4 Å². The highest BCUT2D eigenvalue weighted by Gasteiger charge is 2.38. The number of para-hydroxylation sites is 1. The van der Waals surface area contributed by atoms with Crippen molar-refractivity contribution in [1.29, 1.82) is 0 Å². The van der Waals surface area contributed by atoms with E-state index in [1.807, 2.05) is 37.8 Å². The van der Waals surface area contributed by atoms with E-state index in [0.717, 1.165) is 88.2 Å². The number of nitrogens with zero attached hydrogens (tertiary/aromatic N) is 3. The highest BCUT2D eigenvalue weighted by atomic mass is 19.1. The molecule has 1 aliphatic carbocycles. The molecular weight excluding hydrogens is 535 g/mol. The fourth-order valence-electron chi connectivity index (χ4n) is 6.62. The largest absolute Gasteiger partial charge is 0.494 e. The number of hydrogen-bond acceptors (Lipinski definition) is 6. The average molecular weight is 581 g/mol. The molecule has 1 unspecified atom stereocenters. The zero-order valence-electron chi connectivity index (χ0n) is 25.5. The first-order valence-electron chi connectivity index (χ1n) is 15.4. The molecule has 1 saturated heterocycles. The van der Waals surface area contributed by atoms with Gasteiger partial charge in [0.15, 0.2) is 0 Å². The summed E-state index contributed by atoms with van der Waals surface area (Å²) in [6.45, 7) is 9.50. The molecule has 228 valence electrons. The minimum absolute atomic E-state index is 0.000389. The van der Waals surface area contributed by atoms with Gasteiger partial charge in [-0.1, -0.05) is 31.4 Å². The monoisotopic (exact) mass is 580 g/mol. The third-order valence-electron chi connectivity index (χ3n) is 8.62. The normalized spacial score (nSPS) is 20.2. The minimum atomic E-state index is -0.626. The molecule has 2 aliphatic heterocycles. The molecule has 3 aliphatic rings. The molecule has 5 rings (SSSR count). The zero-order chi connectivity index (χ0) is 29.9. The van der Waals surface area contributed by atoms with Gasteiger partial charge in [0.25, 0.3) is 0 Å². The Hall–Kier alpha value is -3.33. The van der Waals surface area contributed by atoms with Crippen LogP contribution in [0.2, 0.25) is 0 Å². The summed E-state index contributed by atoms with van der Waals surface area (Å²) in [5.74, 6) is 0.412. The summed E-state index contributed by atoms with van der Waals surface area (Å²) < 4.78 is 24.8. The highest BCUT2D eigenvalue weighted by Crippen LogP contribution is 2.40. The number of piperazine rings is 1. The van der Waals surface area contributed by atoms with Gasteiger partial charge in [-0.15, -0.1) is 0 Å². The Morgan fingerprint density at radius 1 is 1.00 bits per heavy atom. The van der Waals surface area contributed by atoms with Gasteiger partial charge in [0.05, 0.1) is 30.2 Å². The van der Waals surface area contributed by atoms with Gasteiger partial charge in [-0.3, -0.25) is 15.0 Å². The molecule has 1 atom stereocenters. The molecule has 0 radical (unpaired) electrons. The lowest BCUT2D eigenvalue weighted by Crippen LogP contribution is -2.55. The standard InChI is InChI=1S/C33H45FN4O4/c1-33(2,3)42-32(40)35-27-12-8-11-23-13-15-26(38(30(23)27)31(39)24-9-6-5-7-10-24)22-36-17-19-37(20-18-36)28-16-14-25(34)21-29(28)41-4/h8,11-12,14,16,21,24,26H,5-7,9-10,13,15,17-20,22H2,1-4H3,(H,35,40). The summed E-state index contributed by atoms with van der Waals surface area (Å²) in [6, 6.07) is 10.6. The first-order valence-corrected chi connectivity index (χ1v) is 15.4. The van der Waals surface area contributed by atoms with Crippen LogP contribution in [0.15, 0.2) is 36.4 Å². The fraction of sp³-hybridized carbons (Fsp3) is 0.576. The topological polar surface area (TPSA) is 74.4 Å². The second-order valence-corrected chi connectivity index (χ2v) is 12.8. The lowest BCUT2D eigenvalue weighted by molar-refractivity contribution is -0.124. The Kier molecular flexibility index (Phi) is 9.25. The van der Waals surface area contributed by atoms with Gasteiger partial charge in [0.2, 0.25) is 5.91 Å². The number of nitrogens with one attached hydrogen (secondary N) is 1. The number of carbonyl (C=O) groups excluding carboxylic acids is 2. The van der Waals surface area contributed by atoms with E-state index in [0.29, 0.717) is 11.4 Å². The number of amides is 2. The summed E-state index contributed by atoms with van der Waals surface area (Å²) in [5.41, 5.74) is 2.81. The first-order chi connectivity index (χ1) is 20.1. The molecule has 2 heterocycles. The van der Waals surface area contributed by atoms with Gasteiger partial charge in [-0.25, -0.2) is 9.18 Å². The summed E-state index contributed by atoms with van der Waals surface area (Å²) in [6.07, 6.45) is 6.35. The van der Waals surface area contributed by atoms with E-state index >= 15 is 0 Å². The summed E-state index contributed by atoms with van der Waals surface area (Å²) in [5, 5.41) is 2.96. The molecule has 2 aromatic carbocycles. The molecule has 0 bridgehead atoms. The van der Waals surface area contributed by atoms with Crippen LogP contribution in [0.25, 0.3) is 0 Å². The average Bonchev–Trinajstić information content (AvgIpc) is 2.97. The summed E-state index contributed by atoms with van der Waals surface area (Å²) in [4.78, 5) is 33.8. The van der Waals surface area contributed by atoms with Crippen molar-refractivity contribution in [2.24, 2.45) is 5.92 Å². The third-order valence-corrected chi connectivity index (χ3v) is 8.62. The fourth-order valence-corrected chi connectivity index (χ4v) is 6.62. The van der Waals surface area contributed by atoms with Crippen molar-refractivity contribution in [3.63, 3.8) is 0 Å². The number of benzene rings is 2. The maximum atomic E-state index is 14.3. The van der Waals surface area contributed by atoms with Crippen LogP contribution >= 0.6 is 0 Å². The predicted octanol–water partition coefficient (Wildman–Crippen LogP) is 6.23. The zero-order valence-corrected chi connectivity index (χ0v) is 25.5. The Labute approximate surface area is 249 Å². The van der Waals surface area contributed by atoms with Gasteiger partial charge in [-0.05, 0) is 70.2 Å². The van der Waals surface area contributed by atoms with Crippen LogP contribution < -0.4 is 19.9 Å². The molecule has 0 spiro atoms. The number of rotatable bonds is 6. The molecular formula is C33H45FN4O4. The van der Waals surface area contributed by atoms with Crippen molar-refractivity contribution in [3.05, 3.63) is 47.8 Å². The van der Waals surface area contributed by atoms with Gasteiger partial charge >= 0.3 is 6.09 Å². The predicted molar refractivity (Wildman–Crippen MR) is 164 cm³/mol. The van der Waals surface area contributed by atoms with Crippen LogP contribution in [0.3, 0.4) is 0 Å². The van der Waals surface area contributed by atoms with E-state index in [1.54, 1.807) is 13.2 Å². The molecule has 2 fully saturated rings. The van der Waals surface area contributed by atoms with Crippen molar-refractivity contribution in [3.8, 4) is 5.75 Å². The Morgan fingerprint density at radius 3 is 2.43 bits per heavy atom. The molecule has 1 N–H and O–H groups in total. The van der Waals surface area contributed by atoms with Crippen LogP contribution in [-0.4, -0.2) is 68.4 Å². The number of carbonyl (C=O) groups is 2. The lowest BCUT2D eigenvalue weighted by Gasteiger charge is -2.44. The second-order valence-electron chi connectivity index (χ2n) is 12.8. The van der Waals surface area contributed by atoms with Gasteiger partial charge in [0.1, 0.15) is 17.2 Å². The van der Waals surface area contributed by atoms with E-state index < -0.39 is 11.7 Å². The molecule has 9 heteroatoms. The number of methoxy groups -OCH3 is 1. The van der Waals surface area contributed by atoms with Gasteiger partial charge in [-0.2, -0.15) is 0 Å². The van der Waals surface area contributed by atoms with Crippen molar-refractivity contribution in [1.82, 2.24) is 4.90 Å². The molecule has 42 heavy (non-hydrogen) atoms. The maximum Gasteiger partial charge on any atom is 0.412 e. The Balaban J connectivity index is 1.36. The lowest BCUT2D eigenvalue weighted by atomic mass is 9.86. The van der Waals surface area contributed by atoms with E-state index in [1.165, 1.54) is 18.6 Å². The van der Waals surface area contributed by atoms with Crippen LogP contribution in [0.1, 0.15) is 64.9 Å². The highest BCUT2D eigenvalue weighted by molar-refractivity contribution is 6.02. The number of aryl methyl sites for hydroxylation is 1. The van der Waals surface area contributed by atoms with Crippen LogP contribution in [0.5, 0.6) is 5.75 Å². The molecule has 1 saturated carbocycles.